The van der Waals surface area contributed by atoms with E-state index in [2.05, 4.69) is 15.5 Å². The molecule has 2 N–H and O–H groups in total. The lowest BCUT2D eigenvalue weighted by molar-refractivity contribution is -0.133. The topological polar surface area (TPSA) is 89.1 Å². The zero-order chi connectivity index (χ0) is 20.8. The Labute approximate surface area is 173 Å². The predicted molar refractivity (Wildman–Crippen MR) is 111 cm³/mol. The van der Waals surface area contributed by atoms with Crippen molar-refractivity contribution < 1.29 is 23.8 Å². The van der Waals surface area contributed by atoms with Crippen molar-refractivity contribution in [2.45, 2.75) is 0 Å². The highest BCUT2D eigenvalue weighted by molar-refractivity contribution is 6.44. The van der Waals surface area contributed by atoms with E-state index in [9.17, 15) is 9.59 Å². The number of ether oxygens (including phenoxy) is 3. The van der Waals surface area contributed by atoms with Gasteiger partial charge in [-0.15, -0.1) is 0 Å². The van der Waals surface area contributed by atoms with Crippen molar-refractivity contribution in [3.63, 3.8) is 0 Å². The second-order valence-electron chi connectivity index (χ2n) is 6.21. The van der Waals surface area contributed by atoms with Crippen molar-refractivity contribution in [1.29, 1.82) is 0 Å². The molecule has 154 valence electrons. The number of methoxy groups -OCH3 is 2. The van der Waals surface area contributed by atoms with Crippen LogP contribution in [-0.2, 0) is 14.3 Å². The lowest BCUT2D eigenvalue weighted by Crippen LogP contribution is -2.37. The number of anilines is 3. The number of halogens is 1. The standard InChI is InChI=1S/C20H22ClN3O5/c1-27-17-12-15(18(28-2)11-13(17)21)23-20(26)19(25)22-14-5-3-4-6-16(14)24-7-9-29-10-8-24/h3-6,11-12H,7-10H2,1-2H3,(H,22,25)(H,23,26). The number of amides is 2. The fourth-order valence-electron chi connectivity index (χ4n) is 2.98. The molecule has 2 amide bonds. The summed E-state index contributed by atoms with van der Waals surface area (Å²) >= 11 is 6.07. The third kappa shape index (κ3) is 4.90. The maximum atomic E-state index is 12.5. The first kappa shape index (κ1) is 20.8. The quantitative estimate of drug-likeness (QED) is 0.724. The monoisotopic (exact) mass is 419 g/mol. The van der Waals surface area contributed by atoms with Crippen LogP contribution >= 0.6 is 11.6 Å². The molecular formula is C20H22ClN3O5. The van der Waals surface area contributed by atoms with E-state index in [1.807, 2.05) is 12.1 Å². The Morgan fingerprint density at radius 3 is 2.24 bits per heavy atom. The lowest BCUT2D eigenvalue weighted by Gasteiger charge is -2.30. The smallest absolute Gasteiger partial charge is 0.314 e. The van der Waals surface area contributed by atoms with Gasteiger partial charge >= 0.3 is 11.8 Å². The summed E-state index contributed by atoms with van der Waals surface area (Å²) in [6.07, 6.45) is 0. The van der Waals surface area contributed by atoms with Gasteiger partial charge in [0.05, 0.1) is 49.5 Å². The Bertz CT molecular complexity index is 900. The highest BCUT2D eigenvalue weighted by Crippen LogP contribution is 2.36. The zero-order valence-corrected chi connectivity index (χ0v) is 16.9. The summed E-state index contributed by atoms with van der Waals surface area (Å²) in [5, 5.41) is 5.53. The summed E-state index contributed by atoms with van der Waals surface area (Å²) in [6, 6.07) is 10.3. The van der Waals surface area contributed by atoms with E-state index in [1.54, 1.807) is 12.1 Å². The molecule has 1 fully saturated rings. The average molecular weight is 420 g/mol. The molecule has 0 bridgehead atoms. The number of rotatable bonds is 5. The summed E-state index contributed by atoms with van der Waals surface area (Å²) in [5.41, 5.74) is 1.66. The maximum absolute atomic E-state index is 12.5. The van der Waals surface area contributed by atoms with Crippen LogP contribution in [0.15, 0.2) is 36.4 Å². The minimum absolute atomic E-state index is 0.273. The van der Waals surface area contributed by atoms with Crippen LogP contribution in [0.5, 0.6) is 11.5 Å². The van der Waals surface area contributed by atoms with Crippen molar-refractivity contribution in [1.82, 2.24) is 0 Å². The molecule has 0 atom stereocenters. The van der Waals surface area contributed by atoms with Crippen molar-refractivity contribution in [2.75, 3.05) is 56.1 Å². The summed E-state index contributed by atoms with van der Waals surface area (Å²) in [4.78, 5) is 27.1. The van der Waals surface area contributed by atoms with E-state index >= 15 is 0 Å². The van der Waals surface area contributed by atoms with E-state index in [4.69, 9.17) is 25.8 Å². The minimum atomic E-state index is -0.843. The second-order valence-corrected chi connectivity index (χ2v) is 6.62. The van der Waals surface area contributed by atoms with Gasteiger partial charge < -0.3 is 29.7 Å². The van der Waals surface area contributed by atoms with Gasteiger partial charge in [-0.05, 0) is 12.1 Å². The molecule has 1 saturated heterocycles. The molecule has 0 aliphatic carbocycles. The fraction of sp³-hybridized carbons (Fsp3) is 0.300. The Morgan fingerprint density at radius 1 is 0.966 bits per heavy atom. The summed E-state index contributed by atoms with van der Waals surface area (Å²) in [7, 11) is 2.89. The molecule has 1 aliphatic heterocycles. The van der Waals surface area contributed by atoms with Crippen LogP contribution in [0.25, 0.3) is 0 Å². The Kier molecular flexibility index (Phi) is 6.79. The fourth-order valence-corrected chi connectivity index (χ4v) is 3.21. The van der Waals surface area contributed by atoms with E-state index in [0.717, 1.165) is 5.69 Å². The summed E-state index contributed by atoms with van der Waals surface area (Å²) in [5.74, 6) is -0.988. The van der Waals surface area contributed by atoms with Crippen molar-refractivity contribution >= 4 is 40.5 Å². The average Bonchev–Trinajstić information content (AvgIpc) is 2.75. The van der Waals surface area contributed by atoms with Crippen LogP contribution in [0.2, 0.25) is 5.02 Å². The summed E-state index contributed by atoms with van der Waals surface area (Å²) in [6.45, 7) is 2.64. The highest BCUT2D eigenvalue weighted by Gasteiger charge is 2.21. The number of morpholine rings is 1. The number of nitrogens with one attached hydrogen (secondary N) is 2. The van der Waals surface area contributed by atoms with E-state index in [-0.39, 0.29) is 5.69 Å². The molecule has 29 heavy (non-hydrogen) atoms. The number of nitrogens with zero attached hydrogens (tertiary/aromatic N) is 1. The van der Waals surface area contributed by atoms with Gasteiger partial charge in [-0.1, -0.05) is 23.7 Å². The molecule has 0 unspecified atom stereocenters. The van der Waals surface area contributed by atoms with Crippen LogP contribution in [0.1, 0.15) is 0 Å². The van der Waals surface area contributed by atoms with Crippen molar-refractivity contribution in [2.24, 2.45) is 0 Å². The highest BCUT2D eigenvalue weighted by atomic mass is 35.5. The largest absolute Gasteiger partial charge is 0.495 e. The van der Waals surface area contributed by atoms with Gasteiger partial charge in [0, 0.05) is 25.2 Å². The van der Waals surface area contributed by atoms with Gasteiger partial charge in [-0.2, -0.15) is 0 Å². The normalized spacial score (nSPS) is 13.6. The van der Waals surface area contributed by atoms with Crippen LogP contribution in [-0.4, -0.2) is 52.3 Å². The zero-order valence-electron chi connectivity index (χ0n) is 16.2. The first-order chi connectivity index (χ1) is 14.0. The number of hydrogen-bond acceptors (Lipinski definition) is 6. The Balaban J connectivity index is 1.75. The third-order valence-corrected chi connectivity index (χ3v) is 4.73. The molecule has 0 spiro atoms. The molecule has 1 heterocycles. The van der Waals surface area contributed by atoms with Crippen molar-refractivity contribution in [3.05, 3.63) is 41.4 Å². The second kappa shape index (κ2) is 9.49. The lowest BCUT2D eigenvalue weighted by atomic mass is 10.2. The van der Waals surface area contributed by atoms with Crippen LogP contribution in [0.4, 0.5) is 17.1 Å². The molecule has 2 aromatic rings. The van der Waals surface area contributed by atoms with Crippen LogP contribution < -0.4 is 25.0 Å². The number of para-hydroxylation sites is 2. The predicted octanol–water partition coefficient (Wildman–Crippen LogP) is 2.77. The van der Waals surface area contributed by atoms with Crippen LogP contribution in [0, 0.1) is 0 Å². The molecule has 0 aromatic heterocycles. The minimum Gasteiger partial charge on any atom is -0.495 e. The van der Waals surface area contributed by atoms with E-state index < -0.39 is 11.8 Å². The number of carbonyl (C=O) groups is 2. The molecular weight excluding hydrogens is 398 g/mol. The Morgan fingerprint density at radius 2 is 1.59 bits per heavy atom. The van der Waals surface area contributed by atoms with Crippen molar-refractivity contribution in [3.8, 4) is 11.5 Å². The van der Waals surface area contributed by atoms with E-state index in [0.29, 0.717) is 48.5 Å². The molecule has 2 aromatic carbocycles. The van der Waals surface area contributed by atoms with Gasteiger partial charge in [-0.25, -0.2) is 0 Å². The first-order valence-corrected chi connectivity index (χ1v) is 9.37. The van der Waals surface area contributed by atoms with Gasteiger partial charge in [0.25, 0.3) is 0 Å². The number of benzene rings is 2. The molecule has 0 saturated carbocycles. The number of carbonyl (C=O) groups excluding carboxylic acids is 2. The molecule has 1 aliphatic rings. The van der Waals surface area contributed by atoms with Crippen LogP contribution in [0.3, 0.4) is 0 Å². The maximum Gasteiger partial charge on any atom is 0.314 e. The molecule has 9 heteroatoms. The van der Waals surface area contributed by atoms with Gasteiger partial charge in [0.1, 0.15) is 11.5 Å². The summed E-state index contributed by atoms with van der Waals surface area (Å²) < 4.78 is 15.7. The SMILES string of the molecule is COc1cc(NC(=O)C(=O)Nc2ccccc2N2CCOCC2)c(OC)cc1Cl. The van der Waals surface area contributed by atoms with Gasteiger partial charge in [0.15, 0.2) is 0 Å². The molecule has 0 radical (unpaired) electrons. The third-order valence-electron chi connectivity index (χ3n) is 4.43. The molecule has 3 rings (SSSR count). The number of hydrogen-bond donors (Lipinski definition) is 2. The van der Waals surface area contributed by atoms with Gasteiger partial charge in [0.2, 0.25) is 0 Å². The van der Waals surface area contributed by atoms with E-state index in [1.165, 1.54) is 26.4 Å². The first-order valence-electron chi connectivity index (χ1n) is 8.99. The molecule has 8 nitrogen and oxygen atoms in total. The Hall–Kier alpha value is -2.97. The van der Waals surface area contributed by atoms with Gasteiger partial charge in [-0.3, -0.25) is 9.59 Å².